The number of likely N-dealkylation sites (tertiary alicyclic amines) is 1. The molecule has 7 rings (SSSR count). The van der Waals surface area contributed by atoms with Gasteiger partial charge in [-0.2, -0.15) is 0 Å². The minimum absolute atomic E-state index is 0.0342. The highest BCUT2D eigenvalue weighted by Crippen LogP contribution is 2.60. The van der Waals surface area contributed by atoms with E-state index in [1.54, 1.807) is 18.6 Å². The molecule has 3 aliphatic carbocycles. The lowest BCUT2D eigenvalue weighted by Gasteiger charge is -2.48. The first-order valence-corrected chi connectivity index (χ1v) is 17.3. The molecule has 2 aliphatic heterocycles. The molecule has 8 nitrogen and oxygen atoms in total. The Morgan fingerprint density at radius 1 is 1.13 bits per heavy atom. The van der Waals surface area contributed by atoms with Crippen LogP contribution >= 0.6 is 0 Å². The Kier molecular flexibility index (Phi) is 8.28. The molecule has 3 fully saturated rings. The Hall–Kier alpha value is -2.81. The first-order valence-electron chi connectivity index (χ1n) is 17.3. The van der Waals surface area contributed by atoms with Crippen molar-refractivity contribution in [2.24, 2.45) is 17.3 Å². The Bertz CT molecular complexity index is 1440. The van der Waals surface area contributed by atoms with Crippen molar-refractivity contribution in [3.05, 3.63) is 64.6 Å². The standard InChI is InChI=1S/C37H51N5O3/c1-23-17-33(44)36(42(21-23)35(45)22-40-13-15-41(16-14-40)34-20-38-11-12-39-34)25(3)28-7-8-29-30-6-5-26-18-27(43)9-10-37(26,4)32(30)19-31(29)24(28)2/h5,7-8,11-12,20,23,25,27,30,32-33,36,43-44H,6,9-10,13-19,21-22H2,1-4H3/t23-,25-,27-,30-,32-,33+,36-,37-/m0/s1. The average molecular weight is 614 g/mol. The van der Waals surface area contributed by atoms with Crippen molar-refractivity contribution in [3.8, 4) is 0 Å². The van der Waals surface area contributed by atoms with Crippen molar-refractivity contribution < 1.29 is 15.0 Å². The number of fused-ring (bicyclic) bond motifs is 5. The molecule has 8 heteroatoms. The summed E-state index contributed by atoms with van der Waals surface area (Å²) in [4.78, 5) is 29.2. The number of aromatic nitrogens is 2. The van der Waals surface area contributed by atoms with Crippen molar-refractivity contribution in [1.82, 2.24) is 19.8 Å². The second kappa shape index (κ2) is 12.1. The van der Waals surface area contributed by atoms with Crippen LogP contribution in [0, 0.1) is 24.2 Å². The smallest absolute Gasteiger partial charge is 0.237 e. The van der Waals surface area contributed by atoms with Crippen LogP contribution in [-0.2, 0) is 11.2 Å². The fourth-order valence-electron chi connectivity index (χ4n) is 9.89. The van der Waals surface area contributed by atoms with E-state index in [9.17, 15) is 15.0 Å². The number of anilines is 1. The van der Waals surface area contributed by atoms with Gasteiger partial charge in [-0.15, -0.1) is 0 Å². The monoisotopic (exact) mass is 613 g/mol. The van der Waals surface area contributed by atoms with E-state index in [0.29, 0.717) is 24.9 Å². The number of aliphatic hydroxyl groups is 2. The lowest BCUT2D eigenvalue weighted by atomic mass is 9.57. The van der Waals surface area contributed by atoms with Gasteiger partial charge in [0.15, 0.2) is 0 Å². The molecule has 1 amide bonds. The van der Waals surface area contributed by atoms with Crippen molar-refractivity contribution in [3.63, 3.8) is 0 Å². The maximum atomic E-state index is 14.0. The zero-order chi connectivity index (χ0) is 31.5. The van der Waals surface area contributed by atoms with Gasteiger partial charge in [-0.25, -0.2) is 4.98 Å². The van der Waals surface area contributed by atoms with Crippen LogP contribution < -0.4 is 4.90 Å². The number of amides is 1. The molecule has 2 aromatic rings. The lowest BCUT2D eigenvalue weighted by Crippen LogP contribution is -2.58. The van der Waals surface area contributed by atoms with Crippen LogP contribution in [0.2, 0.25) is 0 Å². The lowest BCUT2D eigenvalue weighted by molar-refractivity contribution is -0.143. The summed E-state index contributed by atoms with van der Waals surface area (Å²) in [5.41, 5.74) is 7.27. The minimum Gasteiger partial charge on any atom is -0.393 e. The maximum absolute atomic E-state index is 14.0. The molecule has 1 aromatic carbocycles. The summed E-state index contributed by atoms with van der Waals surface area (Å²) in [7, 11) is 0. The van der Waals surface area contributed by atoms with Crippen molar-refractivity contribution >= 4 is 11.7 Å². The zero-order valence-corrected chi connectivity index (χ0v) is 27.5. The number of aliphatic hydroxyl groups excluding tert-OH is 2. The molecule has 45 heavy (non-hydrogen) atoms. The van der Waals surface area contributed by atoms with E-state index in [-0.39, 0.29) is 35.3 Å². The predicted molar refractivity (Wildman–Crippen MR) is 176 cm³/mol. The molecule has 5 aliphatic rings. The van der Waals surface area contributed by atoms with Crippen LogP contribution in [0.4, 0.5) is 5.82 Å². The predicted octanol–water partition coefficient (Wildman–Crippen LogP) is 4.45. The molecule has 2 N–H and O–H groups in total. The van der Waals surface area contributed by atoms with Crippen LogP contribution in [-0.4, -0.2) is 93.4 Å². The zero-order valence-electron chi connectivity index (χ0n) is 27.5. The van der Waals surface area contributed by atoms with Gasteiger partial charge < -0.3 is 20.0 Å². The molecule has 1 aromatic heterocycles. The molecule has 2 saturated heterocycles. The number of rotatable bonds is 5. The highest BCUT2D eigenvalue weighted by atomic mass is 16.3. The number of piperazine rings is 1. The highest BCUT2D eigenvalue weighted by molar-refractivity contribution is 5.79. The highest BCUT2D eigenvalue weighted by Gasteiger charge is 2.50. The Morgan fingerprint density at radius 3 is 2.69 bits per heavy atom. The number of piperidine rings is 1. The van der Waals surface area contributed by atoms with Crippen molar-refractivity contribution in [1.29, 1.82) is 0 Å². The quantitative estimate of drug-likeness (QED) is 0.482. The van der Waals surface area contributed by atoms with Crippen molar-refractivity contribution in [2.45, 2.75) is 96.3 Å². The second-order valence-corrected chi connectivity index (χ2v) is 15.1. The van der Waals surface area contributed by atoms with Gasteiger partial charge in [0, 0.05) is 51.0 Å². The summed E-state index contributed by atoms with van der Waals surface area (Å²) in [6, 6.07) is 4.45. The number of carbonyl (C=O) groups is 1. The topological polar surface area (TPSA) is 93.0 Å². The van der Waals surface area contributed by atoms with Gasteiger partial charge in [0.1, 0.15) is 5.82 Å². The number of hydrogen-bond acceptors (Lipinski definition) is 7. The van der Waals surface area contributed by atoms with Gasteiger partial charge in [0.2, 0.25) is 5.91 Å². The SMILES string of the molecule is Cc1c([C@H](C)[C@H]2[C@H](O)C[C@H](C)CN2C(=O)CN2CCN(c3cnccn3)CC2)ccc2c1C[C@H]1[C@H]2CC=C2C[C@@H](O)CC[C@@]21C. The molecular formula is C37H51N5O3. The summed E-state index contributed by atoms with van der Waals surface area (Å²) in [6.07, 6.45) is 12.6. The molecule has 0 bridgehead atoms. The fourth-order valence-corrected chi connectivity index (χ4v) is 9.89. The van der Waals surface area contributed by atoms with Gasteiger partial charge in [-0.05, 0) is 90.9 Å². The molecular weight excluding hydrogens is 562 g/mol. The largest absolute Gasteiger partial charge is 0.393 e. The third kappa shape index (κ3) is 5.51. The van der Waals surface area contributed by atoms with Gasteiger partial charge >= 0.3 is 0 Å². The molecule has 0 unspecified atom stereocenters. The van der Waals surface area contributed by atoms with Gasteiger partial charge in [-0.1, -0.05) is 44.6 Å². The first-order chi connectivity index (χ1) is 21.6. The minimum atomic E-state index is -0.546. The van der Waals surface area contributed by atoms with Crippen LogP contribution in [0.3, 0.4) is 0 Å². The van der Waals surface area contributed by atoms with E-state index < -0.39 is 6.10 Å². The number of benzene rings is 1. The van der Waals surface area contributed by atoms with E-state index >= 15 is 0 Å². The third-order valence-corrected chi connectivity index (χ3v) is 12.4. The molecule has 1 saturated carbocycles. The van der Waals surface area contributed by atoms with Crippen LogP contribution in [0.5, 0.6) is 0 Å². The average Bonchev–Trinajstić information content (AvgIpc) is 3.43. The second-order valence-electron chi connectivity index (χ2n) is 15.1. The normalized spacial score (nSPS) is 34.0. The van der Waals surface area contributed by atoms with Crippen LogP contribution in [0.1, 0.15) is 87.0 Å². The van der Waals surface area contributed by atoms with Crippen LogP contribution in [0.15, 0.2) is 42.4 Å². The van der Waals surface area contributed by atoms with E-state index in [1.807, 2.05) is 4.90 Å². The van der Waals surface area contributed by atoms with E-state index in [0.717, 1.165) is 70.5 Å². The van der Waals surface area contributed by atoms with Gasteiger partial charge in [0.25, 0.3) is 0 Å². The van der Waals surface area contributed by atoms with Gasteiger partial charge in [0.05, 0.1) is 31.0 Å². The maximum Gasteiger partial charge on any atom is 0.237 e. The van der Waals surface area contributed by atoms with Crippen molar-refractivity contribution in [2.75, 3.05) is 44.2 Å². The third-order valence-electron chi connectivity index (χ3n) is 12.4. The number of carbonyl (C=O) groups excluding carboxylic acids is 1. The van der Waals surface area contributed by atoms with E-state index in [1.165, 1.54) is 27.8 Å². The molecule has 0 spiro atoms. The molecule has 8 atom stereocenters. The summed E-state index contributed by atoms with van der Waals surface area (Å²) < 4.78 is 0. The summed E-state index contributed by atoms with van der Waals surface area (Å²) in [5.74, 6) is 2.44. The summed E-state index contributed by atoms with van der Waals surface area (Å²) in [6.45, 7) is 13.4. The Labute approximate surface area is 268 Å². The molecule has 0 radical (unpaired) electrons. The number of allylic oxidation sites excluding steroid dienone is 1. The summed E-state index contributed by atoms with van der Waals surface area (Å²) in [5, 5.41) is 21.9. The van der Waals surface area contributed by atoms with E-state index in [2.05, 4.69) is 65.7 Å². The Morgan fingerprint density at radius 2 is 1.93 bits per heavy atom. The van der Waals surface area contributed by atoms with Gasteiger partial charge in [-0.3, -0.25) is 14.7 Å². The fraction of sp³-hybridized carbons (Fsp3) is 0.649. The van der Waals surface area contributed by atoms with E-state index in [4.69, 9.17) is 0 Å². The summed E-state index contributed by atoms with van der Waals surface area (Å²) >= 11 is 0. The Balaban J connectivity index is 1.08. The molecule has 242 valence electrons. The van der Waals surface area contributed by atoms with Crippen LogP contribution in [0.25, 0.3) is 0 Å². The first kappa shape index (κ1) is 30.8. The molecule has 3 heterocycles. The number of nitrogens with zero attached hydrogens (tertiary/aromatic N) is 5. The number of hydrogen-bond donors (Lipinski definition) is 2.